The van der Waals surface area contributed by atoms with Gasteiger partial charge in [0.05, 0.1) is 28.6 Å². The second-order valence-electron chi connectivity index (χ2n) is 8.30. The monoisotopic (exact) mass is 357 g/mol. The van der Waals surface area contributed by atoms with Gasteiger partial charge in [0, 0.05) is 25.4 Å². The molecule has 2 fully saturated rings. The molecular formula is C19H25BFN3O2. The number of halogens is 1. The Bertz CT molecular complexity index is 806. The van der Waals surface area contributed by atoms with Crippen LogP contribution in [0.2, 0.25) is 5.82 Å². The topological polar surface area (TPSA) is 47.5 Å². The third-order valence-corrected chi connectivity index (χ3v) is 6.06. The van der Waals surface area contributed by atoms with Crippen molar-refractivity contribution in [2.75, 3.05) is 18.0 Å². The molecule has 0 atom stereocenters. The summed E-state index contributed by atoms with van der Waals surface area (Å²) in [5, 5.41) is 0. The summed E-state index contributed by atoms with van der Waals surface area (Å²) < 4.78 is 25.9. The molecular weight excluding hydrogens is 332 g/mol. The minimum atomic E-state index is -0.360. The molecule has 2 aliphatic heterocycles. The van der Waals surface area contributed by atoms with Crippen LogP contribution in [-0.2, 0) is 9.31 Å². The molecule has 2 saturated heterocycles. The third kappa shape index (κ3) is 2.97. The Kier molecular flexibility index (Phi) is 4.19. The Labute approximate surface area is 154 Å². The number of anilines is 1. The fourth-order valence-electron chi connectivity index (χ4n) is 3.74. The summed E-state index contributed by atoms with van der Waals surface area (Å²) in [7, 11) is -0.149. The second kappa shape index (κ2) is 6.17. The summed E-state index contributed by atoms with van der Waals surface area (Å²) in [6.07, 6.45) is 4.95. The Morgan fingerprint density at radius 3 is 2.42 bits per heavy atom. The fourth-order valence-corrected chi connectivity index (χ4v) is 3.74. The molecule has 0 N–H and O–H groups in total. The molecule has 138 valence electrons. The Balaban J connectivity index is 1.48. The van der Waals surface area contributed by atoms with Crippen LogP contribution in [0.1, 0.15) is 40.5 Å². The van der Waals surface area contributed by atoms with Crippen LogP contribution in [-0.4, -0.2) is 41.4 Å². The maximum atomic E-state index is 13.4. The van der Waals surface area contributed by atoms with Gasteiger partial charge < -0.3 is 14.2 Å². The maximum absolute atomic E-state index is 13.4. The normalized spacial score (nSPS) is 23.0. The van der Waals surface area contributed by atoms with Gasteiger partial charge in [0.15, 0.2) is 0 Å². The minimum Gasteiger partial charge on any atom is -0.403 e. The molecule has 2 aliphatic rings. The van der Waals surface area contributed by atoms with Crippen LogP contribution in [0.4, 0.5) is 10.1 Å². The smallest absolute Gasteiger partial charge is 0.403 e. The van der Waals surface area contributed by atoms with Crippen molar-refractivity contribution in [1.29, 1.82) is 0 Å². The van der Waals surface area contributed by atoms with Gasteiger partial charge in [0.25, 0.3) is 0 Å². The van der Waals surface area contributed by atoms with Gasteiger partial charge in [-0.15, -0.1) is 0 Å². The molecule has 2 aromatic rings. The lowest BCUT2D eigenvalue weighted by Crippen LogP contribution is -2.41. The summed E-state index contributed by atoms with van der Waals surface area (Å²) >= 11 is 0. The van der Waals surface area contributed by atoms with Crippen LogP contribution in [0.5, 0.6) is 0 Å². The van der Waals surface area contributed by atoms with Crippen molar-refractivity contribution in [2.24, 2.45) is 0 Å². The maximum Gasteiger partial charge on any atom is 0.461 e. The van der Waals surface area contributed by atoms with E-state index in [0.717, 1.165) is 37.1 Å². The first kappa shape index (κ1) is 17.7. The van der Waals surface area contributed by atoms with Crippen molar-refractivity contribution in [2.45, 2.75) is 57.6 Å². The van der Waals surface area contributed by atoms with Gasteiger partial charge in [-0.2, -0.15) is 0 Å². The predicted molar refractivity (Wildman–Crippen MR) is 101 cm³/mol. The van der Waals surface area contributed by atoms with E-state index in [-0.39, 0.29) is 24.1 Å². The molecule has 0 unspecified atom stereocenters. The van der Waals surface area contributed by atoms with Crippen LogP contribution in [0.15, 0.2) is 24.5 Å². The number of nitrogens with zero attached hydrogens (tertiary/aromatic N) is 3. The summed E-state index contributed by atoms with van der Waals surface area (Å²) in [4.78, 5) is 10.8. The molecule has 0 radical (unpaired) electrons. The second-order valence-corrected chi connectivity index (χ2v) is 8.30. The zero-order chi connectivity index (χ0) is 18.5. The highest BCUT2D eigenvalue weighted by Gasteiger charge is 2.53. The number of fused-ring (bicyclic) bond motifs is 1. The van der Waals surface area contributed by atoms with Gasteiger partial charge >= 0.3 is 7.12 Å². The average Bonchev–Trinajstić information content (AvgIpc) is 2.82. The molecule has 4 rings (SSSR count). The summed E-state index contributed by atoms with van der Waals surface area (Å²) in [5.74, 6) is 0.0208. The molecule has 0 amide bonds. The van der Waals surface area contributed by atoms with Gasteiger partial charge in [-0.05, 0) is 52.4 Å². The van der Waals surface area contributed by atoms with E-state index in [1.54, 1.807) is 6.20 Å². The quantitative estimate of drug-likeness (QED) is 0.765. The van der Waals surface area contributed by atoms with E-state index in [1.807, 2.05) is 6.07 Å². The fraction of sp³-hybridized carbons (Fsp3) is 0.579. The molecule has 0 saturated carbocycles. The lowest BCUT2D eigenvalue weighted by Gasteiger charge is -2.34. The van der Waals surface area contributed by atoms with Gasteiger partial charge in [-0.25, -0.2) is 9.37 Å². The number of pyridine rings is 2. The molecule has 5 nitrogen and oxygen atoms in total. The van der Waals surface area contributed by atoms with Crippen LogP contribution >= 0.6 is 0 Å². The van der Waals surface area contributed by atoms with Crippen molar-refractivity contribution in [1.82, 2.24) is 9.97 Å². The van der Waals surface area contributed by atoms with E-state index in [2.05, 4.69) is 42.6 Å². The summed E-state index contributed by atoms with van der Waals surface area (Å²) in [6, 6.07) is 3.39. The van der Waals surface area contributed by atoms with Crippen molar-refractivity contribution < 1.29 is 13.7 Å². The van der Waals surface area contributed by atoms with Crippen LogP contribution in [0.25, 0.3) is 11.0 Å². The molecule has 0 aliphatic carbocycles. The molecule has 7 heteroatoms. The number of hydrogen-bond acceptors (Lipinski definition) is 5. The Hall–Kier alpha value is -1.73. The number of aromatic nitrogens is 2. The predicted octanol–water partition coefficient (Wildman–Crippen LogP) is 3.83. The molecule has 0 spiro atoms. The number of rotatable bonds is 2. The highest BCUT2D eigenvalue weighted by molar-refractivity contribution is 6.47. The van der Waals surface area contributed by atoms with Gasteiger partial charge in [0.1, 0.15) is 11.3 Å². The van der Waals surface area contributed by atoms with Gasteiger partial charge in [-0.1, -0.05) is 0 Å². The highest BCUT2D eigenvalue weighted by Crippen LogP contribution is 2.43. The number of piperidine rings is 1. The van der Waals surface area contributed by atoms with Crippen LogP contribution in [0, 0.1) is 5.82 Å². The summed E-state index contributed by atoms with van der Waals surface area (Å²) in [5.41, 5.74) is 1.79. The first-order valence-corrected chi connectivity index (χ1v) is 9.28. The summed E-state index contributed by atoms with van der Waals surface area (Å²) in [6.45, 7) is 10.2. The zero-order valence-corrected chi connectivity index (χ0v) is 15.8. The third-order valence-electron chi connectivity index (χ3n) is 6.06. The Morgan fingerprint density at radius 1 is 1.12 bits per heavy atom. The first-order valence-electron chi connectivity index (χ1n) is 9.28. The lowest BCUT2D eigenvalue weighted by atomic mass is 9.66. The first-order chi connectivity index (χ1) is 12.3. The molecule has 26 heavy (non-hydrogen) atoms. The van der Waals surface area contributed by atoms with Gasteiger partial charge in [0.2, 0.25) is 0 Å². The van der Waals surface area contributed by atoms with E-state index < -0.39 is 0 Å². The Morgan fingerprint density at radius 2 is 1.77 bits per heavy atom. The molecule has 0 bridgehead atoms. The minimum absolute atomic E-state index is 0.149. The lowest BCUT2D eigenvalue weighted by molar-refractivity contribution is 0.00578. The van der Waals surface area contributed by atoms with Crippen LogP contribution in [0.3, 0.4) is 0 Å². The SMILES string of the molecule is CC1(C)OB(C2CCN(c3ccnc4cc(F)cnc34)CC2)OC1(C)C. The highest BCUT2D eigenvalue weighted by atomic mass is 19.1. The number of hydrogen-bond donors (Lipinski definition) is 0. The van der Waals surface area contributed by atoms with Crippen molar-refractivity contribution in [3.05, 3.63) is 30.3 Å². The van der Waals surface area contributed by atoms with E-state index in [0.29, 0.717) is 11.3 Å². The average molecular weight is 357 g/mol. The van der Waals surface area contributed by atoms with E-state index in [4.69, 9.17) is 9.31 Å². The zero-order valence-electron chi connectivity index (χ0n) is 15.8. The van der Waals surface area contributed by atoms with E-state index >= 15 is 0 Å². The molecule has 2 aromatic heterocycles. The van der Waals surface area contributed by atoms with E-state index in [1.165, 1.54) is 12.3 Å². The largest absolute Gasteiger partial charge is 0.461 e. The van der Waals surface area contributed by atoms with Crippen molar-refractivity contribution >= 4 is 23.8 Å². The van der Waals surface area contributed by atoms with Crippen LogP contribution < -0.4 is 4.90 Å². The van der Waals surface area contributed by atoms with E-state index in [9.17, 15) is 4.39 Å². The standard InChI is InChI=1S/C19H25BFN3O2/c1-18(2)19(3,4)26-20(25-18)13-6-9-24(10-7-13)16-5-8-22-15-11-14(21)12-23-17(15)16/h5,8,11-13H,6-7,9-10H2,1-4H3. The molecule has 4 heterocycles. The molecule has 0 aromatic carbocycles. The van der Waals surface area contributed by atoms with Crippen molar-refractivity contribution in [3.8, 4) is 0 Å². The van der Waals surface area contributed by atoms with Gasteiger partial charge in [-0.3, -0.25) is 4.98 Å². The van der Waals surface area contributed by atoms with Crippen molar-refractivity contribution in [3.63, 3.8) is 0 Å².